The molecule has 1 N–H and O–H groups in total. The standard InChI is InChI=1S/C15H25NO3/c1-3-11(4-2)15(19)16-12-5-6-13(16)8-10(7-12)9-14(17)18/h10-13H,3-9H2,1-2H3,(H,17,18). The van der Waals surface area contributed by atoms with Crippen molar-refractivity contribution >= 4 is 11.9 Å². The molecule has 0 radical (unpaired) electrons. The van der Waals surface area contributed by atoms with Gasteiger partial charge in [-0.2, -0.15) is 0 Å². The number of piperidine rings is 1. The van der Waals surface area contributed by atoms with E-state index in [0.717, 1.165) is 38.5 Å². The summed E-state index contributed by atoms with van der Waals surface area (Å²) >= 11 is 0. The van der Waals surface area contributed by atoms with Gasteiger partial charge in [0, 0.05) is 24.4 Å². The van der Waals surface area contributed by atoms with Crippen LogP contribution in [0.2, 0.25) is 0 Å². The van der Waals surface area contributed by atoms with Crippen LogP contribution < -0.4 is 0 Å². The summed E-state index contributed by atoms with van der Waals surface area (Å²) < 4.78 is 0. The fraction of sp³-hybridized carbons (Fsp3) is 0.867. The van der Waals surface area contributed by atoms with Gasteiger partial charge in [-0.05, 0) is 44.4 Å². The Morgan fingerprint density at radius 1 is 1.16 bits per heavy atom. The van der Waals surface area contributed by atoms with Crippen LogP contribution in [0, 0.1) is 11.8 Å². The molecule has 4 heteroatoms. The van der Waals surface area contributed by atoms with E-state index in [9.17, 15) is 9.59 Å². The SMILES string of the molecule is CCC(CC)C(=O)N1C2CCC1CC(CC(=O)O)C2. The Balaban J connectivity index is 2.02. The first kappa shape index (κ1) is 14.4. The molecule has 2 bridgehead atoms. The number of amides is 1. The third kappa shape index (κ3) is 2.93. The number of hydrogen-bond acceptors (Lipinski definition) is 2. The van der Waals surface area contributed by atoms with Crippen LogP contribution in [0.4, 0.5) is 0 Å². The van der Waals surface area contributed by atoms with Crippen molar-refractivity contribution in [3.05, 3.63) is 0 Å². The lowest BCUT2D eigenvalue weighted by Gasteiger charge is -2.40. The van der Waals surface area contributed by atoms with Gasteiger partial charge in [0.25, 0.3) is 0 Å². The summed E-state index contributed by atoms with van der Waals surface area (Å²) in [7, 11) is 0. The van der Waals surface area contributed by atoms with Crippen molar-refractivity contribution in [2.45, 2.75) is 70.9 Å². The fourth-order valence-electron chi connectivity index (χ4n) is 3.91. The highest BCUT2D eigenvalue weighted by Crippen LogP contribution is 2.41. The Morgan fingerprint density at radius 2 is 1.68 bits per heavy atom. The topological polar surface area (TPSA) is 57.6 Å². The number of fused-ring (bicyclic) bond motifs is 2. The van der Waals surface area contributed by atoms with E-state index in [1.807, 2.05) is 0 Å². The molecule has 2 atom stereocenters. The highest BCUT2D eigenvalue weighted by atomic mass is 16.4. The van der Waals surface area contributed by atoms with Crippen molar-refractivity contribution in [2.24, 2.45) is 11.8 Å². The Bertz CT molecular complexity index is 337. The minimum absolute atomic E-state index is 0.152. The van der Waals surface area contributed by atoms with E-state index in [1.165, 1.54) is 0 Å². The van der Waals surface area contributed by atoms with Crippen molar-refractivity contribution in [2.75, 3.05) is 0 Å². The highest BCUT2D eigenvalue weighted by Gasteiger charge is 2.44. The summed E-state index contributed by atoms with van der Waals surface area (Å²) in [5.41, 5.74) is 0. The zero-order chi connectivity index (χ0) is 14.0. The summed E-state index contributed by atoms with van der Waals surface area (Å²) in [5.74, 6) is 0.0234. The molecule has 0 saturated carbocycles. The molecule has 0 aliphatic carbocycles. The van der Waals surface area contributed by atoms with Crippen LogP contribution in [0.5, 0.6) is 0 Å². The Morgan fingerprint density at radius 3 is 2.11 bits per heavy atom. The third-order valence-corrected chi connectivity index (χ3v) is 4.88. The number of carboxylic acid groups (broad SMARTS) is 1. The highest BCUT2D eigenvalue weighted by molar-refractivity contribution is 5.80. The minimum atomic E-state index is -0.704. The van der Waals surface area contributed by atoms with E-state index in [1.54, 1.807) is 0 Å². The van der Waals surface area contributed by atoms with Crippen LogP contribution in [-0.2, 0) is 9.59 Å². The molecule has 2 fully saturated rings. The van der Waals surface area contributed by atoms with E-state index in [-0.39, 0.29) is 18.3 Å². The lowest BCUT2D eigenvalue weighted by molar-refractivity contribution is -0.142. The predicted molar refractivity (Wildman–Crippen MR) is 72.7 cm³/mol. The number of carbonyl (C=O) groups is 2. The van der Waals surface area contributed by atoms with Crippen LogP contribution in [0.25, 0.3) is 0 Å². The summed E-state index contributed by atoms with van der Waals surface area (Å²) in [6.07, 6.45) is 5.97. The molecule has 2 rings (SSSR count). The van der Waals surface area contributed by atoms with Crippen molar-refractivity contribution in [3.8, 4) is 0 Å². The monoisotopic (exact) mass is 267 g/mol. The van der Waals surface area contributed by atoms with Crippen LogP contribution in [-0.4, -0.2) is 34.0 Å². The van der Waals surface area contributed by atoms with E-state index >= 15 is 0 Å². The largest absolute Gasteiger partial charge is 0.481 e. The molecule has 0 aromatic carbocycles. The average Bonchev–Trinajstić information content (AvgIpc) is 2.62. The van der Waals surface area contributed by atoms with Gasteiger partial charge in [0.2, 0.25) is 5.91 Å². The first-order valence-electron chi connectivity index (χ1n) is 7.60. The zero-order valence-electron chi connectivity index (χ0n) is 12.0. The lowest BCUT2D eigenvalue weighted by Crippen LogP contribution is -2.49. The number of rotatable bonds is 5. The van der Waals surface area contributed by atoms with E-state index in [4.69, 9.17) is 5.11 Å². The maximum atomic E-state index is 12.6. The molecular formula is C15H25NO3. The van der Waals surface area contributed by atoms with E-state index < -0.39 is 5.97 Å². The number of aliphatic carboxylic acids is 1. The predicted octanol–water partition coefficient (Wildman–Crippen LogP) is 2.67. The van der Waals surface area contributed by atoms with Crippen LogP contribution in [0.1, 0.15) is 58.8 Å². The number of carboxylic acids is 1. The van der Waals surface area contributed by atoms with Gasteiger partial charge in [0.05, 0.1) is 0 Å². The zero-order valence-corrected chi connectivity index (χ0v) is 12.0. The molecule has 2 aliphatic heterocycles. The van der Waals surface area contributed by atoms with Crippen molar-refractivity contribution < 1.29 is 14.7 Å². The Labute approximate surface area is 115 Å². The summed E-state index contributed by atoms with van der Waals surface area (Å²) in [6.45, 7) is 4.15. The molecule has 4 nitrogen and oxygen atoms in total. The molecule has 2 saturated heterocycles. The molecule has 0 aromatic heterocycles. The first-order chi connectivity index (χ1) is 9.06. The summed E-state index contributed by atoms with van der Waals surface area (Å²) in [6, 6.07) is 0.604. The number of hydrogen-bond donors (Lipinski definition) is 1. The van der Waals surface area contributed by atoms with Gasteiger partial charge < -0.3 is 10.0 Å². The van der Waals surface area contributed by atoms with Gasteiger partial charge in [0.15, 0.2) is 0 Å². The van der Waals surface area contributed by atoms with Gasteiger partial charge in [0.1, 0.15) is 0 Å². The van der Waals surface area contributed by atoms with Gasteiger partial charge in [-0.3, -0.25) is 9.59 Å². The minimum Gasteiger partial charge on any atom is -0.481 e. The lowest BCUT2D eigenvalue weighted by atomic mass is 9.87. The molecule has 2 aliphatic rings. The molecule has 108 valence electrons. The normalized spacial score (nSPS) is 29.8. The van der Waals surface area contributed by atoms with Gasteiger partial charge in [-0.1, -0.05) is 13.8 Å². The van der Waals surface area contributed by atoms with Crippen molar-refractivity contribution in [3.63, 3.8) is 0 Å². The second-order valence-corrected chi connectivity index (χ2v) is 6.08. The Kier molecular flexibility index (Phi) is 4.48. The molecule has 1 amide bonds. The first-order valence-corrected chi connectivity index (χ1v) is 7.60. The summed E-state index contributed by atoms with van der Waals surface area (Å²) in [5, 5.41) is 8.92. The number of carbonyl (C=O) groups excluding carboxylic acids is 1. The fourth-order valence-corrected chi connectivity index (χ4v) is 3.91. The third-order valence-electron chi connectivity index (χ3n) is 4.88. The van der Waals surface area contributed by atoms with Gasteiger partial charge in [-0.15, -0.1) is 0 Å². The van der Waals surface area contributed by atoms with Crippen LogP contribution in [0.3, 0.4) is 0 Å². The second kappa shape index (κ2) is 5.93. The molecule has 2 unspecified atom stereocenters. The van der Waals surface area contributed by atoms with Gasteiger partial charge >= 0.3 is 5.97 Å². The van der Waals surface area contributed by atoms with Crippen LogP contribution >= 0.6 is 0 Å². The van der Waals surface area contributed by atoms with E-state index in [2.05, 4.69) is 18.7 Å². The molecule has 19 heavy (non-hydrogen) atoms. The molecular weight excluding hydrogens is 242 g/mol. The number of nitrogens with zero attached hydrogens (tertiary/aromatic N) is 1. The smallest absolute Gasteiger partial charge is 0.303 e. The summed E-state index contributed by atoms with van der Waals surface area (Å²) in [4.78, 5) is 25.5. The van der Waals surface area contributed by atoms with Crippen molar-refractivity contribution in [1.29, 1.82) is 0 Å². The van der Waals surface area contributed by atoms with Crippen LogP contribution in [0.15, 0.2) is 0 Å². The maximum absolute atomic E-state index is 12.6. The average molecular weight is 267 g/mol. The van der Waals surface area contributed by atoms with E-state index in [0.29, 0.717) is 18.0 Å². The molecule has 2 heterocycles. The molecule has 0 aromatic rings. The second-order valence-electron chi connectivity index (χ2n) is 6.08. The molecule has 0 spiro atoms. The van der Waals surface area contributed by atoms with Gasteiger partial charge in [-0.25, -0.2) is 0 Å². The quantitative estimate of drug-likeness (QED) is 0.833. The maximum Gasteiger partial charge on any atom is 0.303 e. The van der Waals surface area contributed by atoms with Crippen molar-refractivity contribution in [1.82, 2.24) is 4.90 Å². The Hall–Kier alpha value is -1.06.